The maximum absolute atomic E-state index is 12.1. The molecule has 0 aromatic rings. The molecule has 20 heavy (non-hydrogen) atoms. The van der Waals surface area contributed by atoms with E-state index < -0.39 is 9.84 Å². The van der Waals surface area contributed by atoms with Crippen molar-refractivity contribution >= 4 is 28.2 Å². The largest absolute Gasteiger partial charge is 0.349 e. The molecular formula is C13H25ClN2O3S. The van der Waals surface area contributed by atoms with Gasteiger partial charge in [0.2, 0.25) is 5.91 Å². The summed E-state index contributed by atoms with van der Waals surface area (Å²) < 4.78 is 22.8. The Bertz CT molecular complexity index is 454. The number of nitrogens with one attached hydrogen (secondary N) is 1. The lowest BCUT2D eigenvalue weighted by atomic mass is 9.96. The smallest absolute Gasteiger partial charge is 0.221 e. The fourth-order valence-electron chi connectivity index (χ4n) is 3.22. The van der Waals surface area contributed by atoms with Crippen LogP contribution in [0.15, 0.2) is 0 Å². The van der Waals surface area contributed by atoms with Crippen molar-refractivity contribution in [1.29, 1.82) is 0 Å². The molecule has 2 rings (SSSR count). The zero-order valence-electron chi connectivity index (χ0n) is 12.0. The molecule has 0 aliphatic heterocycles. The maximum Gasteiger partial charge on any atom is 0.221 e. The molecule has 0 heterocycles. The molecule has 0 aromatic heterocycles. The van der Waals surface area contributed by atoms with Crippen LogP contribution in [0, 0.1) is 5.41 Å². The summed E-state index contributed by atoms with van der Waals surface area (Å²) in [6.07, 6.45) is 7.32. The van der Waals surface area contributed by atoms with E-state index >= 15 is 0 Å². The van der Waals surface area contributed by atoms with Gasteiger partial charge in [0, 0.05) is 19.2 Å². The Kier molecular flexibility index (Phi) is 5.49. The highest BCUT2D eigenvalue weighted by molar-refractivity contribution is 7.90. The summed E-state index contributed by atoms with van der Waals surface area (Å²) in [5.41, 5.74) is 5.25. The number of hydrogen-bond donors (Lipinski definition) is 2. The predicted octanol–water partition coefficient (Wildman–Crippen LogP) is 1.01. The van der Waals surface area contributed by atoms with Gasteiger partial charge in [0.25, 0.3) is 0 Å². The lowest BCUT2D eigenvalue weighted by molar-refractivity contribution is -0.123. The van der Waals surface area contributed by atoms with Crippen LogP contribution in [-0.2, 0) is 14.6 Å². The summed E-state index contributed by atoms with van der Waals surface area (Å²) in [6, 6.07) is 0. The SMILES string of the molecule is CS(=O)(=O)CC1(CC(=O)NC2(CN)CCCC2)CC1.Cl. The van der Waals surface area contributed by atoms with Gasteiger partial charge < -0.3 is 11.1 Å². The molecule has 0 radical (unpaired) electrons. The lowest BCUT2D eigenvalue weighted by Crippen LogP contribution is -2.52. The second kappa shape index (κ2) is 6.20. The van der Waals surface area contributed by atoms with Crippen LogP contribution in [-0.4, -0.2) is 38.4 Å². The number of halogens is 1. The minimum absolute atomic E-state index is 0. The van der Waals surface area contributed by atoms with Crippen molar-refractivity contribution in [1.82, 2.24) is 5.32 Å². The monoisotopic (exact) mass is 324 g/mol. The van der Waals surface area contributed by atoms with Gasteiger partial charge in [-0.1, -0.05) is 12.8 Å². The highest BCUT2D eigenvalue weighted by Gasteiger charge is 2.47. The highest BCUT2D eigenvalue weighted by atomic mass is 35.5. The quantitative estimate of drug-likeness (QED) is 0.763. The Morgan fingerprint density at radius 2 is 1.75 bits per heavy atom. The molecule has 5 nitrogen and oxygen atoms in total. The zero-order valence-corrected chi connectivity index (χ0v) is 13.6. The standard InChI is InChI=1S/C13H24N2O3S.ClH/c1-19(17,18)10-12(6-7-12)8-11(16)15-13(9-14)4-2-3-5-13;/h2-10,14H2,1H3,(H,15,16);1H. The van der Waals surface area contributed by atoms with Crippen molar-refractivity contribution in [3.8, 4) is 0 Å². The molecule has 0 saturated heterocycles. The van der Waals surface area contributed by atoms with Crippen LogP contribution in [0.5, 0.6) is 0 Å². The Morgan fingerprint density at radius 3 is 2.15 bits per heavy atom. The van der Waals surface area contributed by atoms with Crippen molar-refractivity contribution in [2.75, 3.05) is 18.6 Å². The second-order valence-corrected chi connectivity index (χ2v) is 8.63. The zero-order chi connectivity index (χ0) is 14.1. The van der Waals surface area contributed by atoms with E-state index in [0.717, 1.165) is 38.5 Å². The molecule has 118 valence electrons. The predicted molar refractivity (Wildman–Crippen MR) is 81.6 cm³/mol. The Morgan fingerprint density at radius 1 is 1.20 bits per heavy atom. The van der Waals surface area contributed by atoms with Crippen molar-refractivity contribution in [2.24, 2.45) is 11.1 Å². The van der Waals surface area contributed by atoms with Gasteiger partial charge in [-0.15, -0.1) is 12.4 Å². The number of rotatable bonds is 6. The molecule has 1 amide bonds. The van der Waals surface area contributed by atoms with Crippen LogP contribution in [0.2, 0.25) is 0 Å². The molecule has 7 heteroatoms. The molecule has 2 aliphatic rings. The molecule has 3 N–H and O–H groups in total. The van der Waals surface area contributed by atoms with E-state index in [-0.39, 0.29) is 35.0 Å². The van der Waals surface area contributed by atoms with Gasteiger partial charge in [-0.05, 0) is 31.1 Å². The summed E-state index contributed by atoms with van der Waals surface area (Å²) >= 11 is 0. The molecule has 0 spiro atoms. The van der Waals surface area contributed by atoms with Gasteiger partial charge in [0.1, 0.15) is 9.84 Å². The fourth-order valence-corrected chi connectivity index (χ4v) is 4.72. The van der Waals surface area contributed by atoms with E-state index in [9.17, 15) is 13.2 Å². The maximum atomic E-state index is 12.1. The van der Waals surface area contributed by atoms with Crippen molar-refractivity contribution in [3.05, 3.63) is 0 Å². The number of amides is 1. The number of carbonyl (C=O) groups excluding carboxylic acids is 1. The topological polar surface area (TPSA) is 89.3 Å². The minimum atomic E-state index is -3.02. The van der Waals surface area contributed by atoms with Gasteiger partial charge >= 0.3 is 0 Å². The molecule has 2 saturated carbocycles. The summed E-state index contributed by atoms with van der Waals surface area (Å²) in [4.78, 5) is 12.1. The van der Waals surface area contributed by atoms with E-state index in [1.165, 1.54) is 6.26 Å². The molecule has 0 aromatic carbocycles. The average Bonchev–Trinajstić information content (AvgIpc) is 2.85. The number of hydrogen-bond acceptors (Lipinski definition) is 4. The first-order valence-electron chi connectivity index (χ1n) is 6.97. The first-order chi connectivity index (χ1) is 8.78. The highest BCUT2D eigenvalue weighted by Crippen LogP contribution is 2.49. The Labute approximate surface area is 127 Å². The molecule has 0 atom stereocenters. The van der Waals surface area contributed by atoms with Crippen LogP contribution in [0.3, 0.4) is 0 Å². The summed E-state index contributed by atoms with van der Waals surface area (Å²) in [7, 11) is -3.02. The fraction of sp³-hybridized carbons (Fsp3) is 0.923. The molecular weight excluding hydrogens is 300 g/mol. The van der Waals surface area contributed by atoms with Crippen LogP contribution in [0.25, 0.3) is 0 Å². The van der Waals surface area contributed by atoms with E-state index in [2.05, 4.69) is 5.32 Å². The van der Waals surface area contributed by atoms with E-state index in [1.807, 2.05) is 0 Å². The van der Waals surface area contributed by atoms with Crippen molar-refractivity contribution < 1.29 is 13.2 Å². The van der Waals surface area contributed by atoms with Crippen molar-refractivity contribution in [2.45, 2.75) is 50.5 Å². The second-order valence-electron chi connectivity index (χ2n) is 6.49. The van der Waals surface area contributed by atoms with Crippen LogP contribution in [0.1, 0.15) is 44.9 Å². The van der Waals surface area contributed by atoms with E-state index in [1.54, 1.807) is 0 Å². The van der Waals surface area contributed by atoms with Gasteiger partial charge in [0.15, 0.2) is 0 Å². The Hall–Kier alpha value is -0.330. The number of carbonyl (C=O) groups is 1. The van der Waals surface area contributed by atoms with Gasteiger partial charge in [-0.25, -0.2) is 8.42 Å². The molecule has 2 aliphatic carbocycles. The van der Waals surface area contributed by atoms with Crippen LogP contribution < -0.4 is 11.1 Å². The Balaban J connectivity index is 0.00000200. The normalized spacial score (nSPS) is 22.9. The third-order valence-electron chi connectivity index (χ3n) is 4.42. The molecule has 2 fully saturated rings. The van der Waals surface area contributed by atoms with E-state index in [0.29, 0.717) is 13.0 Å². The summed E-state index contributed by atoms with van der Waals surface area (Å²) in [6.45, 7) is 0.470. The van der Waals surface area contributed by atoms with E-state index in [4.69, 9.17) is 5.73 Å². The average molecular weight is 325 g/mol. The van der Waals surface area contributed by atoms with Gasteiger partial charge in [0.05, 0.1) is 11.3 Å². The minimum Gasteiger partial charge on any atom is -0.349 e. The van der Waals surface area contributed by atoms with Gasteiger partial charge in [-0.2, -0.15) is 0 Å². The van der Waals surface area contributed by atoms with Crippen LogP contribution in [0.4, 0.5) is 0 Å². The molecule has 0 unspecified atom stereocenters. The number of sulfone groups is 1. The van der Waals surface area contributed by atoms with Crippen molar-refractivity contribution in [3.63, 3.8) is 0 Å². The lowest BCUT2D eigenvalue weighted by Gasteiger charge is -2.29. The first kappa shape index (κ1) is 17.7. The molecule has 0 bridgehead atoms. The van der Waals surface area contributed by atoms with Gasteiger partial charge in [-0.3, -0.25) is 4.79 Å². The van der Waals surface area contributed by atoms with Crippen LogP contribution >= 0.6 is 12.4 Å². The third-order valence-corrected chi connectivity index (χ3v) is 5.55. The summed E-state index contributed by atoms with van der Waals surface area (Å²) in [5.74, 6) is 0.0942. The number of nitrogens with two attached hydrogens (primary N) is 1. The third kappa shape index (κ3) is 4.60. The first-order valence-corrected chi connectivity index (χ1v) is 9.03. The summed E-state index contributed by atoms with van der Waals surface area (Å²) in [5, 5.41) is 3.07.